The van der Waals surface area contributed by atoms with E-state index in [0.29, 0.717) is 19.5 Å². The van der Waals surface area contributed by atoms with E-state index < -0.39 is 36.0 Å². The molecule has 186 valence electrons. The van der Waals surface area contributed by atoms with Gasteiger partial charge in [-0.3, -0.25) is 0 Å². The minimum atomic E-state index is -0.837. The molecule has 2 heterocycles. The Labute approximate surface area is 196 Å². The maximum atomic E-state index is 13.0. The topological polar surface area (TPSA) is 123 Å². The molecule has 5 N–H and O–H groups in total. The van der Waals surface area contributed by atoms with Crippen LogP contribution < -0.4 is 11.1 Å². The summed E-state index contributed by atoms with van der Waals surface area (Å²) in [4.78, 5) is 13.0. The van der Waals surface area contributed by atoms with Gasteiger partial charge in [-0.05, 0) is 25.8 Å². The molecule has 8 nitrogen and oxygen atoms in total. The second-order valence-corrected chi connectivity index (χ2v) is 10.4. The van der Waals surface area contributed by atoms with Crippen LogP contribution in [-0.4, -0.2) is 78.5 Å². The number of aliphatic hydroxyl groups excluding tert-OH is 2. The summed E-state index contributed by atoms with van der Waals surface area (Å²) >= 11 is 0. The van der Waals surface area contributed by atoms with E-state index >= 15 is 0 Å². The van der Waals surface area contributed by atoms with E-state index in [1.165, 1.54) is 7.11 Å². The Morgan fingerprint density at radius 1 is 1.36 bits per heavy atom. The molecule has 0 aromatic heterocycles. The van der Waals surface area contributed by atoms with Crippen molar-refractivity contribution in [2.45, 2.75) is 76.3 Å². The smallest absolute Gasteiger partial charge is 0.335 e. The minimum absolute atomic E-state index is 0.0108. The number of cyclic esters (lactones) is 1. The predicted octanol–water partition coefficient (Wildman–Crippen LogP) is 0.764. The van der Waals surface area contributed by atoms with Gasteiger partial charge in [0.15, 0.2) is 6.10 Å². The second-order valence-electron chi connectivity index (χ2n) is 10.4. The van der Waals surface area contributed by atoms with E-state index in [4.69, 9.17) is 19.9 Å². The van der Waals surface area contributed by atoms with Gasteiger partial charge < -0.3 is 35.5 Å². The standard InChI is InChI=1S/C25H40N2O6/c1-12-10-13(2)25-16(11-18(31-5)24(30)32-22(12)15(4)28)6-7-17-19(25)21(29)14(3)20(23(17)33-25)27-9-8-26/h6-7,10,12,14-23,27-29H,8-9,11,26H2,1-5H3/b13-10+/t12-,14+,15-,16-,17-,18+,19+,20+,21-,22+,23-,25+/m1/s1. The number of rotatable bonds is 5. The molecule has 2 aliphatic carbocycles. The van der Waals surface area contributed by atoms with Crippen LogP contribution in [0.2, 0.25) is 0 Å². The zero-order valence-electron chi connectivity index (χ0n) is 20.3. The van der Waals surface area contributed by atoms with Gasteiger partial charge in [0.2, 0.25) is 0 Å². The number of carbonyl (C=O) groups is 1. The maximum absolute atomic E-state index is 13.0. The molecule has 0 aromatic carbocycles. The van der Waals surface area contributed by atoms with Crippen LogP contribution in [0.25, 0.3) is 0 Å². The Hall–Kier alpha value is -1.29. The third-order valence-electron chi connectivity index (χ3n) is 8.48. The molecule has 8 heteroatoms. The first-order valence-electron chi connectivity index (χ1n) is 12.2. The van der Waals surface area contributed by atoms with E-state index in [9.17, 15) is 15.0 Å². The molecule has 1 saturated heterocycles. The highest BCUT2D eigenvalue weighted by Gasteiger charge is 2.68. The first kappa shape index (κ1) is 24.8. The van der Waals surface area contributed by atoms with Gasteiger partial charge in [0.05, 0.1) is 18.3 Å². The van der Waals surface area contributed by atoms with Crippen molar-refractivity contribution in [3.05, 3.63) is 23.8 Å². The van der Waals surface area contributed by atoms with Gasteiger partial charge in [0, 0.05) is 55.8 Å². The summed E-state index contributed by atoms with van der Waals surface area (Å²) in [7, 11) is 1.50. The van der Waals surface area contributed by atoms with Crippen LogP contribution in [0.3, 0.4) is 0 Å². The Morgan fingerprint density at radius 2 is 2.09 bits per heavy atom. The molecular weight excluding hydrogens is 424 g/mol. The fourth-order valence-corrected chi connectivity index (χ4v) is 6.92. The van der Waals surface area contributed by atoms with Crippen LogP contribution in [0.1, 0.15) is 34.1 Å². The normalized spacial score (nSPS) is 49.6. The molecule has 0 unspecified atom stereocenters. The van der Waals surface area contributed by atoms with Gasteiger partial charge in [-0.1, -0.05) is 32.1 Å². The first-order valence-corrected chi connectivity index (χ1v) is 12.2. The van der Waals surface area contributed by atoms with Crippen molar-refractivity contribution in [2.24, 2.45) is 35.3 Å². The fourth-order valence-electron chi connectivity index (χ4n) is 6.92. The molecule has 2 fully saturated rings. The van der Waals surface area contributed by atoms with E-state index in [-0.39, 0.29) is 41.7 Å². The monoisotopic (exact) mass is 464 g/mol. The van der Waals surface area contributed by atoms with E-state index in [2.05, 4.69) is 30.5 Å². The van der Waals surface area contributed by atoms with Gasteiger partial charge in [-0.2, -0.15) is 0 Å². The summed E-state index contributed by atoms with van der Waals surface area (Å²) < 4.78 is 18.3. The van der Waals surface area contributed by atoms with Crippen molar-refractivity contribution in [3.8, 4) is 0 Å². The number of hydrogen-bond donors (Lipinski definition) is 4. The Morgan fingerprint density at radius 3 is 2.73 bits per heavy atom. The third-order valence-corrected chi connectivity index (χ3v) is 8.48. The molecule has 1 saturated carbocycles. The van der Waals surface area contributed by atoms with Crippen LogP contribution >= 0.6 is 0 Å². The van der Waals surface area contributed by atoms with Crippen molar-refractivity contribution < 1.29 is 29.2 Å². The maximum Gasteiger partial charge on any atom is 0.335 e. The second kappa shape index (κ2) is 9.40. The quantitative estimate of drug-likeness (QED) is 0.347. The minimum Gasteiger partial charge on any atom is -0.457 e. The highest BCUT2D eigenvalue weighted by molar-refractivity contribution is 5.75. The van der Waals surface area contributed by atoms with Gasteiger partial charge in [0.25, 0.3) is 0 Å². The number of aliphatic hydroxyl groups is 2. The van der Waals surface area contributed by atoms with Gasteiger partial charge in [-0.15, -0.1) is 0 Å². The average Bonchev–Trinajstić information content (AvgIpc) is 2.96. The average molecular weight is 465 g/mol. The Kier molecular flexibility index (Phi) is 7.07. The predicted molar refractivity (Wildman–Crippen MR) is 123 cm³/mol. The highest BCUT2D eigenvalue weighted by atomic mass is 16.6. The number of nitrogens with one attached hydrogen (secondary N) is 1. The van der Waals surface area contributed by atoms with E-state index in [1.54, 1.807) is 6.92 Å². The van der Waals surface area contributed by atoms with Gasteiger partial charge in [-0.25, -0.2) is 4.79 Å². The molecule has 1 spiro atoms. The van der Waals surface area contributed by atoms with Crippen molar-refractivity contribution in [2.75, 3.05) is 20.2 Å². The first-order chi connectivity index (χ1) is 15.7. The van der Waals surface area contributed by atoms with Crippen LogP contribution in [0.15, 0.2) is 23.8 Å². The van der Waals surface area contributed by atoms with Crippen LogP contribution in [0, 0.1) is 29.6 Å². The van der Waals surface area contributed by atoms with E-state index in [1.807, 2.05) is 13.8 Å². The summed E-state index contributed by atoms with van der Waals surface area (Å²) in [5.74, 6) is -0.971. The van der Waals surface area contributed by atoms with Crippen molar-refractivity contribution >= 4 is 5.97 Å². The number of esters is 1. The van der Waals surface area contributed by atoms with Crippen molar-refractivity contribution in [3.63, 3.8) is 0 Å². The lowest BCUT2D eigenvalue weighted by atomic mass is 9.57. The molecular formula is C25H40N2O6. The molecule has 4 rings (SSSR count). The number of nitrogens with two attached hydrogens (primary N) is 1. The van der Waals surface area contributed by atoms with Gasteiger partial charge in [0.1, 0.15) is 11.7 Å². The zero-order valence-corrected chi connectivity index (χ0v) is 20.3. The molecule has 0 radical (unpaired) electrons. The molecule has 33 heavy (non-hydrogen) atoms. The van der Waals surface area contributed by atoms with Crippen molar-refractivity contribution in [1.29, 1.82) is 0 Å². The largest absolute Gasteiger partial charge is 0.457 e. The molecule has 0 amide bonds. The molecule has 12 atom stereocenters. The molecule has 4 bridgehead atoms. The molecule has 0 aromatic rings. The summed E-state index contributed by atoms with van der Waals surface area (Å²) in [6.45, 7) is 8.84. The lowest BCUT2D eigenvalue weighted by Gasteiger charge is -2.49. The third kappa shape index (κ3) is 3.89. The molecule has 4 aliphatic rings. The van der Waals surface area contributed by atoms with E-state index in [0.717, 1.165) is 5.57 Å². The molecule has 2 aliphatic heterocycles. The van der Waals surface area contributed by atoms with Crippen LogP contribution in [-0.2, 0) is 19.0 Å². The van der Waals surface area contributed by atoms with Crippen LogP contribution in [0.5, 0.6) is 0 Å². The lowest BCUT2D eigenvalue weighted by Crippen LogP contribution is -2.59. The Balaban J connectivity index is 1.82. The Bertz CT molecular complexity index is 800. The summed E-state index contributed by atoms with van der Waals surface area (Å²) in [6.07, 6.45) is 3.71. The summed E-state index contributed by atoms with van der Waals surface area (Å²) in [5, 5.41) is 25.4. The zero-order chi connectivity index (χ0) is 24.1. The lowest BCUT2D eigenvalue weighted by molar-refractivity contribution is -0.172. The number of hydrogen-bond acceptors (Lipinski definition) is 8. The number of ether oxygens (including phenoxy) is 3. The van der Waals surface area contributed by atoms with Crippen molar-refractivity contribution in [1.82, 2.24) is 5.32 Å². The fraction of sp³-hybridized carbons (Fsp3) is 0.800. The number of methoxy groups -OCH3 is 1. The van der Waals surface area contributed by atoms with Gasteiger partial charge >= 0.3 is 5.97 Å². The summed E-state index contributed by atoms with van der Waals surface area (Å²) in [6, 6.07) is -0.0263. The summed E-state index contributed by atoms with van der Waals surface area (Å²) in [5.41, 5.74) is 6.00. The number of carbonyl (C=O) groups excluding carboxylic acids is 1. The SMILES string of the molecule is CO[C@H]1C[C@H]2C=C[C@H]3[C@H]4O[C@]2(/C(C)=C/[C@@H](C)[C@@H]([C@@H](C)O)OC1=O)[C@@H]3[C@H](O)[C@@H](C)[C@@H]4NCCN. The van der Waals surface area contributed by atoms with Crippen LogP contribution in [0.4, 0.5) is 0 Å². The highest BCUT2D eigenvalue weighted by Crippen LogP contribution is 2.60.